The molecular weight excluding hydrogens is 397 g/mol. The Hall–Kier alpha value is -3.49. The average molecular weight is 416 g/mol. The standard InChI is InChI=1S/C21H19F3N4O2/c22-21(23,24)30-17-8-4-7-16(13-17)20(29)28-11-9-27(10-12-28)19-14-18(25-26-19)15-5-2-1-3-6-15/h1-8,13-14H,9-12H2,(H,25,26). The van der Waals surface area contributed by atoms with Crippen LogP contribution in [0.5, 0.6) is 5.75 Å². The molecule has 3 aromatic rings. The van der Waals surface area contributed by atoms with Crippen molar-refractivity contribution >= 4 is 11.7 Å². The van der Waals surface area contributed by atoms with E-state index in [1.54, 1.807) is 4.90 Å². The van der Waals surface area contributed by atoms with Crippen molar-refractivity contribution in [3.8, 4) is 17.0 Å². The van der Waals surface area contributed by atoms with Gasteiger partial charge in [0.15, 0.2) is 5.82 Å². The number of aromatic amines is 1. The predicted octanol–water partition coefficient (Wildman–Crippen LogP) is 3.94. The summed E-state index contributed by atoms with van der Waals surface area (Å²) < 4.78 is 41.1. The lowest BCUT2D eigenvalue weighted by atomic mass is 10.1. The highest BCUT2D eigenvalue weighted by Gasteiger charge is 2.31. The van der Waals surface area contributed by atoms with Crippen molar-refractivity contribution in [2.75, 3.05) is 31.1 Å². The van der Waals surface area contributed by atoms with Gasteiger partial charge in [0.2, 0.25) is 0 Å². The van der Waals surface area contributed by atoms with Crippen LogP contribution in [0.15, 0.2) is 60.7 Å². The molecule has 0 atom stereocenters. The zero-order valence-electron chi connectivity index (χ0n) is 15.9. The van der Waals surface area contributed by atoms with Gasteiger partial charge in [0.05, 0.1) is 5.69 Å². The number of alkyl halides is 3. The van der Waals surface area contributed by atoms with Crippen LogP contribution in [-0.2, 0) is 0 Å². The fourth-order valence-electron chi connectivity index (χ4n) is 3.39. The van der Waals surface area contributed by atoms with E-state index in [4.69, 9.17) is 0 Å². The first-order valence-electron chi connectivity index (χ1n) is 9.40. The van der Waals surface area contributed by atoms with Crippen LogP contribution in [0.2, 0.25) is 0 Å². The van der Waals surface area contributed by atoms with E-state index < -0.39 is 12.1 Å². The van der Waals surface area contributed by atoms with E-state index in [9.17, 15) is 18.0 Å². The summed E-state index contributed by atoms with van der Waals surface area (Å²) in [6, 6.07) is 16.9. The number of aromatic nitrogens is 2. The zero-order chi connectivity index (χ0) is 21.1. The number of nitrogens with zero attached hydrogens (tertiary/aromatic N) is 3. The van der Waals surface area contributed by atoms with Gasteiger partial charge in [-0.2, -0.15) is 5.10 Å². The highest BCUT2D eigenvalue weighted by Crippen LogP contribution is 2.25. The van der Waals surface area contributed by atoms with Gasteiger partial charge in [-0.3, -0.25) is 9.89 Å². The molecule has 2 aromatic carbocycles. The maximum absolute atomic E-state index is 12.7. The fraction of sp³-hybridized carbons (Fsp3) is 0.238. The smallest absolute Gasteiger partial charge is 0.406 e. The number of amides is 1. The van der Waals surface area contributed by atoms with E-state index in [0.29, 0.717) is 26.2 Å². The highest BCUT2D eigenvalue weighted by atomic mass is 19.4. The number of hydrogen-bond acceptors (Lipinski definition) is 4. The number of carbonyl (C=O) groups excluding carboxylic acids is 1. The van der Waals surface area contributed by atoms with E-state index in [-0.39, 0.29) is 11.5 Å². The number of nitrogens with one attached hydrogen (secondary N) is 1. The molecule has 9 heteroatoms. The Morgan fingerprint density at radius 3 is 2.40 bits per heavy atom. The number of H-pyrrole nitrogens is 1. The highest BCUT2D eigenvalue weighted by molar-refractivity contribution is 5.94. The number of anilines is 1. The second kappa shape index (κ2) is 8.10. The van der Waals surface area contributed by atoms with Gasteiger partial charge in [-0.15, -0.1) is 13.2 Å². The summed E-state index contributed by atoms with van der Waals surface area (Å²) >= 11 is 0. The molecule has 4 rings (SSSR count). The molecule has 1 aromatic heterocycles. The van der Waals surface area contributed by atoms with Crippen LogP contribution in [0.4, 0.5) is 19.0 Å². The maximum Gasteiger partial charge on any atom is 0.573 e. The van der Waals surface area contributed by atoms with Crippen LogP contribution in [0.3, 0.4) is 0 Å². The number of hydrogen-bond donors (Lipinski definition) is 1. The molecule has 0 bridgehead atoms. The summed E-state index contributed by atoms with van der Waals surface area (Å²) in [5.41, 5.74) is 2.10. The predicted molar refractivity (Wildman–Crippen MR) is 105 cm³/mol. The number of rotatable bonds is 4. The van der Waals surface area contributed by atoms with Crippen molar-refractivity contribution in [3.05, 3.63) is 66.2 Å². The van der Waals surface area contributed by atoms with Crippen molar-refractivity contribution in [1.29, 1.82) is 0 Å². The van der Waals surface area contributed by atoms with Gasteiger partial charge in [0.25, 0.3) is 5.91 Å². The molecule has 2 heterocycles. The van der Waals surface area contributed by atoms with Gasteiger partial charge >= 0.3 is 6.36 Å². The minimum Gasteiger partial charge on any atom is -0.406 e. The van der Waals surface area contributed by atoms with E-state index in [1.165, 1.54) is 18.2 Å². The Balaban J connectivity index is 1.38. The molecule has 1 amide bonds. The Labute approximate surface area is 170 Å². The molecule has 156 valence electrons. The topological polar surface area (TPSA) is 61.5 Å². The number of benzene rings is 2. The molecule has 0 unspecified atom stereocenters. The van der Waals surface area contributed by atoms with Crippen molar-refractivity contribution in [2.45, 2.75) is 6.36 Å². The van der Waals surface area contributed by atoms with Gasteiger partial charge < -0.3 is 14.5 Å². The van der Waals surface area contributed by atoms with Crippen molar-refractivity contribution in [1.82, 2.24) is 15.1 Å². The largest absolute Gasteiger partial charge is 0.573 e. The Kier molecular flexibility index (Phi) is 5.35. The summed E-state index contributed by atoms with van der Waals surface area (Å²) in [4.78, 5) is 16.4. The summed E-state index contributed by atoms with van der Waals surface area (Å²) in [7, 11) is 0. The van der Waals surface area contributed by atoms with Gasteiger partial charge in [0, 0.05) is 37.8 Å². The molecule has 0 saturated carbocycles. The number of halogens is 3. The maximum atomic E-state index is 12.7. The summed E-state index contributed by atoms with van der Waals surface area (Å²) in [6.07, 6.45) is -4.80. The van der Waals surface area contributed by atoms with Gasteiger partial charge in [0.1, 0.15) is 5.75 Å². The van der Waals surface area contributed by atoms with Crippen LogP contribution in [0, 0.1) is 0 Å². The van der Waals surface area contributed by atoms with E-state index in [1.807, 2.05) is 36.4 Å². The normalized spacial score (nSPS) is 14.6. The average Bonchev–Trinajstić information content (AvgIpc) is 3.23. The molecule has 6 nitrogen and oxygen atoms in total. The first-order valence-corrected chi connectivity index (χ1v) is 9.40. The van der Waals surface area contributed by atoms with Crippen molar-refractivity contribution in [3.63, 3.8) is 0 Å². The number of ether oxygens (including phenoxy) is 1. The van der Waals surface area contributed by atoms with Crippen LogP contribution in [0.1, 0.15) is 10.4 Å². The molecular formula is C21H19F3N4O2. The summed E-state index contributed by atoms with van der Waals surface area (Å²) in [6.45, 7) is 2.03. The van der Waals surface area contributed by atoms with Crippen molar-refractivity contribution < 1.29 is 22.7 Å². The quantitative estimate of drug-likeness (QED) is 0.700. The van der Waals surface area contributed by atoms with Gasteiger partial charge in [-0.05, 0) is 23.8 Å². The van der Waals surface area contributed by atoms with Crippen LogP contribution >= 0.6 is 0 Å². The minimum atomic E-state index is -4.80. The minimum absolute atomic E-state index is 0.163. The second-order valence-electron chi connectivity index (χ2n) is 6.86. The third kappa shape index (κ3) is 4.56. The third-order valence-electron chi connectivity index (χ3n) is 4.85. The molecule has 1 N–H and O–H groups in total. The lowest BCUT2D eigenvalue weighted by Gasteiger charge is -2.34. The molecule has 30 heavy (non-hydrogen) atoms. The Morgan fingerprint density at radius 1 is 0.967 bits per heavy atom. The molecule has 0 spiro atoms. The monoisotopic (exact) mass is 416 g/mol. The van der Waals surface area contributed by atoms with E-state index in [0.717, 1.165) is 23.1 Å². The lowest BCUT2D eigenvalue weighted by Crippen LogP contribution is -2.49. The van der Waals surface area contributed by atoms with Gasteiger partial charge in [-0.1, -0.05) is 36.4 Å². The number of carbonyl (C=O) groups is 1. The van der Waals surface area contributed by atoms with Crippen molar-refractivity contribution in [2.24, 2.45) is 0 Å². The van der Waals surface area contributed by atoms with E-state index >= 15 is 0 Å². The Morgan fingerprint density at radius 2 is 1.70 bits per heavy atom. The lowest BCUT2D eigenvalue weighted by molar-refractivity contribution is -0.274. The van der Waals surface area contributed by atoms with E-state index in [2.05, 4.69) is 19.8 Å². The molecule has 1 fully saturated rings. The van der Waals surface area contributed by atoms with Gasteiger partial charge in [-0.25, -0.2) is 0 Å². The Bertz CT molecular complexity index is 1010. The van der Waals surface area contributed by atoms with Crippen LogP contribution < -0.4 is 9.64 Å². The first-order chi connectivity index (χ1) is 14.4. The third-order valence-corrected chi connectivity index (χ3v) is 4.85. The number of piperazine rings is 1. The molecule has 0 radical (unpaired) electrons. The first kappa shape index (κ1) is 19.8. The SMILES string of the molecule is O=C(c1cccc(OC(F)(F)F)c1)N1CCN(c2cc(-c3ccccc3)[nH]n2)CC1. The molecule has 1 aliphatic rings. The van der Waals surface area contributed by atoms with Crippen LogP contribution in [0.25, 0.3) is 11.3 Å². The zero-order valence-corrected chi connectivity index (χ0v) is 15.9. The molecule has 1 aliphatic heterocycles. The summed E-state index contributed by atoms with van der Waals surface area (Å²) in [5, 5.41) is 7.39. The molecule has 0 aliphatic carbocycles. The second-order valence-corrected chi connectivity index (χ2v) is 6.86. The fourth-order valence-corrected chi connectivity index (χ4v) is 3.39. The van der Waals surface area contributed by atoms with Crippen LogP contribution in [-0.4, -0.2) is 53.5 Å². The summed E-state index contributed by atoms with van der Waals surface area (Å²) in [5.74, 6) is 0.0627. The molecule has 1 saturated heterocycles.